The van der Waals surface area contributed by atoms with Crippen LogP contribution in [0, 0.1) is 5.92 Å². The van der Waals surface area contributed by atoms with E-state index in [1.54, 1.807) is 0 Å². The number of hydrogen-bond acceptors (Lipinski definition) is 2. The maximum absolute atomic E-state index is 3.07. The zero-order valence-corrected chi connectivity index (χ0v) is 8.80. The maximum atomic E-state index is 3.07. The molecule has 1 N–H and O–H groups in total. The molecule has 0 aliphatic rings. The van der Waals surface area contributed by atoms with Crippen molar-refractivity contribution in [3.05, 3.63) is 12.2 Å². The molecule has 0 radical (unpaired) electrons. The van der Waals surface area contributed by atoms with Gasteiger partial charge in [-0.3, -0.25) is 5.43 Å². The third-order valence-electron chi connectivity index (χ3n) is 2.12. The Balaban J connectivity index is 3.35. The molecule has 0 spiro atoms. The zero-order chi connectivity index (χ0) is 9.40. The van der Waals surface area contributed by atoms with Gasteiger partial charge in [-0.1, -0.05) is 32.4 Å². The van der Waals surface area contributed by atoms with Crippen LogP contribution in [-0.2, 0) is 0 Å². The van der Waals surface area contributed by atoms with Crippen LogP contribution in [0.4, 0.5) is 0 Å². The van der Waals surface area contributed by atoms with E-state index in [1.807, 2.05) is 7.05 Å². The van der Waals surface area contributed by atoms with Crippen molar-refractivity contribution in [3.63, 3.8) is 0 Å². The van der Waals surface area contributed by atoms with Gasteiger partial charge in [-0.05, 0) is 19.4 Å². The van der Waals surface area contributed by atoms with E-state index < -0.39 is 0 Å². The molecule has 0 bridgehead atoms. The molecular weight excluding hydrogens is 148 g/mol. The van der Waals surface area contributed by atoms with Crippen LogP contribution in [-0.4, -0.2) is 25.6 Å². The van der Waals surface area contributed by atoms with E-state index in [0.29, 0.717) is 0 Å². The highest BCUT2D eigenvalue weighted by Gasteiger charge is 1.91. The second kappa shape index (κ2) is 7.32. The molecule has 0 fully saturated rings. The summed E-state index contributed by atoms with van der Waals surface area (Å²) in [5.41, 5.74) is 3.07. The smallest absolute Gasteiger partial charge is 0.0162 e. The van der Waals surface area contributed by atoms with Gasteiger partial charge in [0.1, 0.15) is 0 Å². The van der Waals surface area contributed by atoms with Gasteiger partial charge in [0, 0.05) is 13.6 Å². The summed E-state index contributed by atoms with van der Waals surface area (Å²) in [4.78, 5) is 0. The topological polar surface area (TPSA) is 15.3 Å². The van der Waals surface area contributed by atoms with Crippen molar-refractivity contribution in [3.8, 4) is 0 Å². The first-order chi connectivity index (χ1) is 5.70. The van der Waals surface area contributed by atoms with Crippen molar-refractivity contribution in [2.24, 2.45) is 5.92 Å². The molecular formula is C10H22N2. The van der Waals surface area contributed by atoms with Crippen LogP contribution >= 0.6 is 0 Å². The van der Waals surface area contributed by atoms with Crippen molar-refractivity contribution in [2.45, 2.75) is 26.7 Å². The lowest BCUT2D eigenvalue weighted by molar-refractivity contribution is 0.265. The lowest BCUT2D eigenvalue weighted by Gasteiger charge is -2.12. The van der Waals surface area contributed by atoms with Gasteiger partial charge in [0.15, 0.2) is 0 Å². The van der Waals surface area contributed by atoms with Gasteiger partial charge >= 0.3 is 0 Å². The highest BCUT2D eigenvalue weighted by Crippen LogP contribution is 2.02. The molecule has 1 unspecified atom stereocenters. The summed E-state index contributed by atoms with van der Waals surface area (Å²) >= 11 is 0. The third-order valence-corrected chi connectivity index (χ3v) is 2.12. The van der Waals surface area contributed by atoms with Gasteiger partial charge in [0.25, 0.3) is 0 Å². The molecule has 0 heterocycles. The fraction of sp³-hybridized carbons (Fsp3) is 0.800. The summed E-state index contributed by atoms with van der Waals surface area (Å²) in [7, 11) is 4.00. The second-order valence-electron chi connectivity index (χ2n) is 3.25. The van der Waals surface area contributed by atoms with Crippen LogP contribution in [0.25, 0.3) is 0 Å². The number of nitrogens with zero attached hydrogens (tertiary/aromatic N) is 1. The average Bonchev–Trinajstić information content (AvgIpc) is 2.11. The number of nitrogens with one attached hydrogen (secondary N) is 1. The lowest BCUT2D eigenvalue weighted by atomic mass is 10.1. The Hall–Kier alpha value is -0.340. The zero-order valence-electron chi connectivity index (χ0n) is 8.80. The third kappa shape index (κ3) is 6.38. The standard InChI is InChI=1S/C10H22N2/c1-5-10(2)8-6-7-9-12(4)11-3/h6,8,10-11H,5,7,9H2,1-4H3. The summed E-state index contributed by atoms with van der Waals surface area (Å²) in [5.74, 6) is 0.727. The van der Waals surface area contributed by atoms with Crippen molar-refractivity contribution >= 4 is 0 Å². The Morgan fingerprint density at radius 1 is 1.50 bits per heavy atom. The molecule has 1 atom stereocenters. The Kier molecular flexibility index (Phi) is 7.11. The number of rotatable bonds is 6. The highest BCUT2D eigenvalue weighted by atomic mass is 15.5. The Bertz CT molecular complexity index is 121. The van der Waals surface area contributed by atoms with Crippen molar-refractivity contribution in [1.29, 1.82) is 0 Å². The summed E-state index contributed by atoms with van der Waals surface area (Å²) in [6, 6.07) is 0. The van der Waals surface area contributed by atoms with Crippen molar-refractivity contribution in [2.75, 3.05) is 20.6 Å². The molecule has 0 saturated heterocycles. The molecule has 0 saturated carbocycles. The van der Waals surface area contributed by atoms with Gasteiger partial charge in [-0.2, -0.15) is 0 Å². The molecule has 2 heteroatoms. The minimum atomic E-state index is 0.727. The van der Waals surface area contributed by atoms with Crippen LogP contribution in [0.3, 0.4) is 0 Å². The van der Waals surface area contributed by atoms with Crippen molar-refractivity contribution in [1.82, 2.24) is 10.4 Å². The lowest BCUT2D eigenvalue weighted by Crippen LogP contribution is -2.31. The predicted octanol–water partition coefficient (Wildman–Crippen LogP) is 2.04. The van der Waals surface area contributed by atoms with E-state index in [2.05, 4.69) is 43.5 Å². The fourth-order valence-electron chi connectivity index (χ4n) is 0.845. The van der Waals surface area contributed by atoms with Gasteiger partial charge in [0.2, 0.25) is 0 Å². The predicted molar refractivity (Wildman–Crippen MR) is 54.9 cm³/mol. The Labute approximate surface area is 76.6 Å². The van der Waals surface area contributed by atoms with Gasteiger partial charge < -0.3 is 0 Å². The minimum Gasteiger partial charge on any atom is -0.259 e. The first-order valence-electron chi connectivity index (χ1n) is 4.75. The van der Waals surface area contributed by atoms with E-state index in [9.17, 15) is 0 Å². The molecule has 0 rings (SSSR count). The molecule has 0 aliphatic carbocycles. The van der Waals surface area contributed by atoms with Crippen LogP contribution in [0.2, 0.25) is 0 Å². The first-order valence-corrected chi connectivity index (χ1v) is 4.75. The summed E-state index contributed by atoms with van der Waals surface area (Å²) in [5, 5.41) is 2.08. The number of hydrazine groups is 1. The normalized spacial score (nSPS) is 14.4. The van der Waals surface area contributed by atoms with Crippen LogP contribution in [0.5, 0.6) is 0 Å². The van der Waals surface area contributed by atoms with Gasteiger partial charge in [0.05, 0.1) is 0 Å². The van der Waals surface area contributed by atoms with E-state index in [-0.39, 0.29) is 0 Å². The Morgan fingerprint density at radius 3 is 2.67 bits per heavy atom. The van der Waals surface area contributed by atoms with Gasteiger partial charge in [-0.15, -0.1) is 0 Å². The van der Waals surface area contributed by atoms with Crippen molar-refractivity contribution < 1.29 is 0 Å². The monoisotopic (exact) mass is 170 g/mol. The molecule has 12 heavy (non-hydrogen) atoms. The molecule has 0 aromatic carbocycles. The quantitative estimate of drug-likeness (QED) is 0.485. The molecule has 0 aliphatic heterocycles. The Morgan fingerprint density at radius 2 is 2.17 bits per heavy atom. The van der Waals surface area contributed by atoms with Crippen LogP contribution < -0.4 is 5.43 Å². The summed E-state index contributed by atoms with van der Waals surface area (Å²) < 4.78 is 0. The van der Waals surface area contributed by atoms with E-state index in [0.717, 1.165) is 18.9 Å². The fourth-order valence-corrected chi connectivity index (χ4v) is 0.845. The molecule has 0 aromatic rings. The SMILES string of the molecule is CCC(C)C=CCCN(C)NC. The van der Waals surface area contributed by atoms with Crippen LogP contribution in [0.15, 0.2) is 12.2 Å². The maximum Gasteiger partial charge on any atom is 0.0162 e. The van der Waals surface area contributed by atoms with Gasteiger partial charge in [-0.25, -0.2) is 5.01 Å². The number of allylic oxidation sites excluding steroid dienone is 1. The summed E-state index contributed by atoms with van der Waals surface area (Å²) in [6.45, 7) is 5.54. The van der Waals surface area contributed by atoms with E-state index in [4.69, 9.17) is 0 Å². The first kappa shape index (κ1) is 11.7. The molecule has 0 aromatic heterocycles. The average molecular weight is 170 g/mol. The van der Waals surface area contributed by atoms with Crippen LogP contribution in [0.1, 0.15) is 26.7 Å². The van der Waals surface area contributed by atoms with E-state index >= 15 is 0 Å². The minimum absolute atomic E-state index is 0.727. The second-order valence-corrected chi connectivity index (χ2v) is 3.25. The molecule has 72 valence electrons. The molecule has 2 nitrogen and oxygen atoms in total. The van der Waals surface area contributed by atoms with E-state index in [1.165, 1.54) is 6.42 Å². The molecule has 0 amide bonds. The summed E-state index contributed by atoms with van der Waals surface area (Å²) in [6.07, 6.45) is 6.92. The highest BCUT2D eigenvalue weighted by molar-refractivity contribution is 4.86. The largest absolute Gasteiger partial charge is 0.259 e. The number of hydrogen-bond donors (Lipinski definition) is 1.